The fourth-order valence-corrected chi connectivity index (χ4v) is 3.71. The highest BCUT2D eigenvalue weighted by molar-refractivity contribution is 7.13. The lowest BCUT2D eigenvalue weighted by atomic mass is 10.2. The number of aromatic nitrogens is 1. The molecule has 3 rings (SSSR count). The average Bonchev–Trinajstić information content (AvgIpc) is 3.45. The number of nitrogens with zero attached hydrogens (tertiary/aromatic N) is 2. The number of carbonyl (C=O) groups excluding carboxylic acids is 3. The van der Waals surface area contributed by atoms with Gasteiger partial charge in [0.15, 0.2) is 5.13 Å². The molecule has 1 saturated heterocycles. The van der Waals surface area contributed by atoms with Gasteiger partial charge < -0.3 is 20.3 Å². The molecule has 1 aliphatic rings. The molecule has 1 aliphatic heterocycles. The lowest BCUT2D eigenvalue weighted by molar-refractivity contribution is -0.138. The summed E-state index contributed by atoms with van der Waals surface area (Å²) in [7, 11) is 0. The van der Waals surface area contributed by atoms with E-state index < -0.39 is 0 Å². The summed E-state index contributed by atoms with van der Waals surface area (Å²) in [6.45, 7) is 1.04. The van der Waals surface area contributed by atoms with Crippen molar-refractivity contribution in [2.24, 2.45) is 0 Å². The van der Waals surface area contributed by atoms with Crippen LogP contribution in [0.4, 0.5) is 9.52 Å². The van der Waals surface area contributed by atoms with E-state index in [-0.39, 0.29) is 55.6 Å². The molecule has 2 aromatic rings. The molecule has 0 bridgehead atoms. The number of hydrogen-bond acceptors (Lipinski definition) is 6. The van der Waals surface area contributed by atoms with E-state index in [2.05, 4.69) is 15.6 Å². The zero-order valence-electron chi connectivity index (χ0n) is 17.0. The summed E-state index contributed by atoms with van der Waals surface area (Å²) in [6, 6.07) is 5.83. The van der Waals surface area contributed by atoms with Gasteiger partial charge in [-0.2, -0.15) is 0 Å². The van der Waals surface area contributed by atoms with Gasteiger partial charge in [0.05, 0.1) is 12.6 Å². The summed E-state index contributed by atoms with van der Waals surface area (Å²) in [5, 5.41) is 7.61. The number of carbonyl (C=O) groups is 3. The van der Waals surface area contributed by atoms with Crippen LogP contribution in [0, 0.1) is 5.82 Å². The van der Waals surface area contributed by atoms with Crippen molar-refractivity contribution >= 4 is 34.2 Å². The first-order valence-corrected chi connectivity index (χ1v) is 11.0. The lowest BCUT2D eigenvalue weighted by Gasteiger charge is -2.25. The van der Waals surface area contributed by atoms with E-state index in [1.807, 2.05) is 0 Å². The molecule has 31 heavy (non-hydrogen) atoms. The van der Waals surface area contributed by atoms with Crippen molar-refractivity contribution in [2.75, 3.05) is 25.0 Å². The van der Waals surface area contributed by atoms with Crippen molar-refractivity contribution in [3.8, 4) is 0 Å². The smallest absolute Gasteiger partial charge is 0.239 e. The molecule has 1 fully saturated rings. The van der Waals surface area contributed by atoms with Crippen molar-refractivity contribution in [3.63, 3.8) is 0 Å². The fourth-order valence-electron chi connectivity index (χ4n) is 3.17. The maximum absolute atomic E-state index is 13.0. The molecule has 1 unspecified atom stereocenters. The third-order valence-corrected chi connectivity index (χ3v) is 5.47. The zero-order valence-corrected chi connectivity index (χ0v) is 17.8. The molecule has 0 saturated carbocycles. The first-order chi connectivity index (χ1) is 15.0. The maximum Gasteiger partial charge on any atom is 0.239 e. The summed E-state index contributed by atoms with van der Waals surface area (Å²) in [4.78, 5) is 42.6. The van der Waals surface area contributed by atoms with Crippen LogP contribution in [0.1, 0.15) is 31.2 Å². The van der Waals surface area contributed by atoms with Gasteiger partial charge >= 0.3 is 0 Å². The van der Waals surface area contributed by atoms with Crippen LogP contribution >= 0.6 is 11.3 Å². The summed E-state index contributed by atoms with van der Waals surface area (Å²) in [5.41, 5.74) is 0.755. The Bertz CT molecular complexity index is 870. The van der Waals surface area contributed by atoms with Gasteiger partial charge in [-0.1, -0.05) is 12.1 Å². The topological polar surface area (TPSA) is 101 Å². The molecule has 1 aromatic carbocycles. The number of hydrogen-bond donors (Lipinski definition) is 2. The molecular formula is C21H25FN4O4S. The first-order valence-electron chi connectivity index (χ1n) is 10.1. The molecule has 0 radical (unpaired) electrons. The molecule has 0 spiro atoms. The van der Waals surface area contributed by atoms with Crippen LogP contribution in [0.25, 0.3) is 0 Å². The van der Waals surface area contributed by atoms with Gasteiger partial charge in [-0.25, -0.2) is 9.37 Å². The summed E-state index contributed by atoms with van der Waals surface area (Å²) >= 11 is 1.30. The number of thiazole rings is 1. The van der Waals surface area contributed by atoms with Crippen molar-refractivity contribution in [1.82, 2.24) is 15.2 Å². The minimum atomic E-state index is -0.345. The number of nitrogens with one attached hydrogen (secondary N) is 2. The van der Waals surface area contributed by atoms with Gasteiger partial charge in [0.2, 0.25) is 17.7 Å². The fraction of sp³-hybridized carbons (Fsp3) is 0.429. The molecule has 0 aliphatic carbocycles. The Balaban J connectivity index is 1.50. The third-order valence-electron chi connectivity index (χ3n) is 4.78. The van der Waals surface area contributed by atoms with E-state index in [1.54, 1.807) is 23.7 Å². The highest BCUT2D eigenvalue weighted by atomic mass is 32.1. The summed E-state index contributed by atoms with van der Waals surface area (Å²) in [5.74, 6) is -1.27. The van der Waals surface area contributed by atoms with Crippen LogP contribution in [0.5, 0.6) is 0 Å². The van der Waals surface area contributed by atoms with Gasteiger partial charge in [-0.05, 0) is 30.5 Å². The van der Waals surface area contributed by atoms with Crippen molar-refractivity contribution in [2.45, 2.75) is 38.3 Å². The minimum Gasteiger partial charge on any atom is -0.376 e. The molecule has 8 nitrogen and oxygen atoms in total. The number of benzene rings is 1. The van der Waals surface area contributed by atoms with Crippen LogP contribution in [-0.4, -0.2) is 53.4 Å². The molecule has 2 heterocycles. The molecule has 3 amide bonds. The number of anilines is 1. The Hall–Kier alpha value is -2.85. The first kappa shape index (κ1) is 22.8. The molecule has 166 valence electrons. The Morgan fingerprint density at radius 2 is 2.00 bits per heavy atom. The molecule has 10 heteroatoms. The Morgan fingerprint density at radius 3 is 2.68 bits per heavy atom. The van der Waals surface area contributed by atoms with E-state index in [0.717, 1.165) is 18.4 Å². The van der Waals surface area contributed by atoms with Crippen molar-refractivity contribution < 1.29 is 23.5 Å². The van der Waals surface area contributed by atoms with Gasteiger partial charge in [-0.15, -0.1) is 11.3 Å². The second-order valence-corrected chi connectivity index (χ2v) is 8.09. The number of ether oxygens (including phenoxy) is 1. The van der Waals surface area contributed by atoms with Crippen LogP contribution in [0.15, 0.2) is 35.8 Å². The van der Waals surface area contributed by atoms with Crippen molar-refractivity contribution in [1.29, 1.82) is 0 Å². The van der Waals surface area contributed by atoms with E-state index in [4.69, 9.17) is 4.74 Å². The molecular weight excluding hydrogens is 423 g/mol. The predicted molar refractivity (Wildman–Crippen MR) is 114 cm³/mol. The highest BCUT2D eigenvalue weighted by Gasteiger charge is 2.24. The number of halogens is 1. The number of amides is 3. The van der Waals surface area contributed by atoms with Crippen molar-refractivity contribution in [3.05, 3.63) is 47.2 Å². The molecule has 2 N–H and O–H groups in total. The third kappa shape index (κ3) is 7.72. The van der Waals surface area contributed by atoms with Gasteiger partial charge in [0, 0.05) is 44.1 Å². The summed E-state index contributed by atoms with van der Waals surface area (Å²) < 4.78 is 18.6. The lowest BCUT2D eigenvalue weighted by Crippen LogP contribution is -2.44. The maximum atomic E-state index is 13.0. The van der Waals surface area contributed by atoms with Crippen LogP contribution in [0.3, 0.4) is 0 Å². The van der Waals surface area contributed by atoms with E-state index in [0.29, 0.717) is 18.3 Å². The van der Waals surface area contributed by atoms with E-state index in [1.165, 1.54) is 28.4 Å². The standard InChI is InChI=1S/C21H25FN4O4S/c22-16-5-3-15(4-6-16)12-24-19(28)14-26(13-17-2-1-10-30-17)20(29)8-7-18(27)25-21-23-9-11-31-21/h3-6,9,11,17H,1-2,7-8,10,12-14H2,(H,24,28)(H,23,25,27). The Kier molecular flexibility index (Phi) is 8.48. The SMILES string of the molecule is O=C(CN(CC1CCCO1)C(=O)CCC(=O)Nc1nccs1)NCc1ccc(F)cc1. The largest absolute Gasteiger partial charge is 0.376 e. The van der Waals surface area contributed by atoms with Crippen LogP contribution < -0.4 is 10.6 Å². The van der Waals surface area contributed by atoms with Crippen LogP contribution in [0.2, 0.25) is 0 Å². The van der Waals surface area contributed by atoms with E-state index in [9.17, 15) is 18.8 Å². The van der Waals surface area contributed by atoms with E-state index >= 15 is 0 Å². The molecule has 1 atom stereocenters. The monoisotopic (exact) mass is 448 g/mol. The normalized spacial score (nSPS) is 15.5. The zero-order chi connectivity index (χ0) is 22.1. The number of rotatable bonds is 10. The quantitative estimate of drug-likeness (QED) is 0.581. The average molecular weight is 449 g/mol. The van der Waals surface area contributed by atoms with Gasteiger partial charge in [0.1, 0.15) is 5.82 Å². The molecule has 1 aromatic heterocycles. The predicted octanol–water partition coefficient (Wildman–Crippen LogP) is 2.32. The Morgan fingerprint density at radius 1 is 1.19 bits per heavy atom. The van der Waals surface area contributed by atoms with Crippen LogP contribution in [-0.2, 0) is 25.7 Å². The Labute approximate surface area is 183 Å². The second kappa shape index (κ2) is 11.5. The minimum absolute atomic E-state index is 0.00235. The highest BCUT2D eigenvalue weighted by Crippen LogP contribution is 2.15. The van der Waals surface area contributed by atoms with Gasteiger partial charge in [0.25, 0.3) is 0 Å². The second-order valence-electron chi connectivity index (χ2n) is 7.20. The summed E-state index contributed by atoms with van der Waals surface area (Å²) in [6.07, 6.45) is 3.19. The van der Waals surface area contributed by atoms with Gasteiger partial charge in [-0.3, -0.25) is 14.4 Å².